The van der Waals surface area contributed by atoms with Gasteiger partial charge in [0.15, 0.2) is 0 Å². The van der Waals surface area contributed by atoms with Crippen LogP contribution in [0, 0.1) is 0 Å². The van der Waals surface area contributed by atoms with E-state index < -0.39 is 6.04 Å². The van der Waals surface area contributed by atoms with Gasteiger partial charge >= 0.3 is 5.97 Å². The Kier molecular flexibility index (Phi) is 7.69. The predicted octanol–water partition coefficient (Wildman–Crippen LogP) is 2.37. The van der Waals surface area contributed by atoms with Crippen LogP contribution in [0.25, 0.3) is 0 Å². The average molecular weight is 299 g/mol. The molecule has 0 fully saturated rings. The van der Waals surface area contributed by atoms with Gasteiger partial charge in [-0.2, -0.15) is 16.9 Å². The first-order valence-corrected chi connectivity index (χ1v) is 8.31. The van der Waals surface area contributed by atoms with E-state index in [0.717, 1.165) is 24.3 Å². The van der Waals surface area contributed by atoms with Crippen LogP contribution in [0.15, 0.2) is 12.3 Å². The number of nitrogens with zero attached hydrogens (tertiary/aromatic N) is 2. The Bertz CT molecular complexity index is 405. The summed E-state index contributed by atoms with van der Waals surface area (Å²) in [5, 5.41) is 4.57. The Morgan fingerprint density at radius 1 is 1.45 bits per heavy atom. The normalized spacial score (nSPS) is 12.7. The lowest BCUT2D eigenvalue weighted by Gasteiger charge is -2.12. The Labute approximate surface area is 125 Å². The summed E-state index contributed by atoms with van der Waals surface area (Å²) in [6, 6.07) is 1.94. The molecule has 6 heteroatoms. The Morgan fingerprint density at radius 3 is 2.75 bits per heavy atom. The largest absolute Gasteiger partial charge is 0.465 e. The van der Waals surface area contributed by atoms with Crippen molar-refractivity contribution in [3.8, 4) is 0 Å². The molecule has 0 saturated heterocycles. The first-order valence-electron chi connectivity index (χ1n) is 7.16. The highest BCUT2D eigenvalue weighted by Crippen LogP contribution is 2.17. The van der Waals surface area contributed by atoms with Crippen molar-refractivity contribution < 1.29 is 9.53 Å². The first kappa shape index (κ1) is 17.0. The molecule has 5 nitrogen and oxygen atoms in total. The van der Waals surface area contributed by atoms with Crippen LogP contribution in [0.1, 0.15) is 45.3 Å². The predicted molar refractivity (Wildman–Crippen MR) is 82.6 cm³/mol. The minimum Gasteiger partial charge on any atom is -0.465 e. The van der Waals surface area contributed by atoms with Gasteiger partial charge < -0.3 is 10.5 Å². The standard InChI is InChI=1S/C14H25N3O2S/c1-4-12(5-2)17-8-7-11(16-17)9-20-10-13(15)14(18)19-6-3/h7-8,12-13H,4-6,9-10,15H2,1-3H3. The van der Waals surface area contributed by atoms with Crippen molar-refractivity contribution in [3.63, 3.8) is 0 Å². The van der Waals surface area contributed by atoms with Gasteiger partial charge in [-0.25, -0.2) is 0 Å². The summed E-state index contributed by atoms with van der Waals surface area (Å²) >= 11 is 1.61. The maximum Gasteiger partial charge on any atom is 0.323 e. The third-order valence-corrected chi connectivity index (χ3v) is 4.21. The van der Waals surface area contributed by atoms with Crippen molar-refractivity contribution >= 4 is 17.7 Å². The molecular weight excluding hydrogens is 274 g/mol. The third kappa shape index (κ3) is 5.17. The molecule has 0 aliphatic rings. The third-order valence-electron chi connectivity index (χ3n) is 3.12. The zero-order valence-electron chi connectivity index (χ0n) is 12.5. The van der Waals surface area contributed by atoms with Crippen molar-refractivity contribution in [2.45, 2.75) is 51.4 Å². The second kappa shape index (κ2) is 9.02. The van der Waals surface area contributed by atoms with Gasteiger partial charge in [0, 0.05) is 17.7 Å². The van der Waals surface area contributed by atoms with E-state index in [2.05, 4.69) is 18.9 Å². The van der Waals surface area contributed by atoms with Crippen LogP contribution in [0.2, 0.25) is 0 Å². The highest BCUT2D eigenvalue weighted by molar-refractivity contribution is 7.98. The molecular formula is C14H25N3O2S. The monoisotopic (exact) mass is 299 g/mol. The van der Waals surface area contributed by atoms with Crippen molar-refractivity contribution in [2.24, 2.45) is 5.73 Å². The van der Waals surface area contributed by atoms with Crippen molar-refractivity contribution in [1.29, 1.82) is 0 Å². The molecule has 0 aromatic carbocycles. The number of aromatic nitrogens is 2. The van der Waals surface area contributed by atoms with Crippen LogP contribution in [0.4, 0.5) is 0 Å². The lowest BCUT2D eigenvalue weighted by Crippen LogP contribution is -2.34. The summed E-state index contributed by atoms with van der Waals surface area (Å²) in [6.45, 7) is 6.49. The first-order chi connectivity index (χ1) is 9.62. The Morgan fingerprint density at radius 2 is 2.15 bits per heavy atom. The lowest BCUT2D eigenvalue weighted by atomic mass is 10.2. The number of rotatable bonds is 9. The van der Waals surface area contributed by atoms with Crippen LogP contribution >= 0.6 is 11.8 Å². The van der Waals surface area contributed by atoms with Gasteiger partial charge in [-0.3, -0.25) is 9.48 Å². The molecule has 0 bridgehead atoms. The van der Waals surface area contributed by atoms with Gasteiger partial charge in [0.1, 0.15) is 6.04 Å². The Balaban J connectivity index is 2.37. The zero-order chi connectivity index (χ0) is 15.0. The highest BCUT2D eigenvalue weighted by Gasteiger charge is 2.14. The number of esters is 1. The van der Waals surface area contributed by atoms with Crippen LogP contribution in [-0.4, -0.2) is 34.2 Å². The van der Waals surface area contributed by atoms with E-state index in [1.807, 2.05) is 16.9 Å². The summed E-state index contributed by atoms with van der Waals surface area (Å²) < 4.78 is 6.90. The molecule has 0 amide bonds. The molecule has 1 rings (SSSR count). The van der Waals surface area contributed by atoms with Crippen LogP contribution < -0.4 is 5.73 Å². The van der Waals surface area contributed by atoms with E-state index in [-0.39, 0.29) is 5.97 Å². The van der Waals surface area contributed by atoms with Gasteiger partial charge in [-0.1, -0.05) is 13.8 Å². The molecule has 1 aromatic rings. The van der Waals surface area contributed by atoms with E-state index >= 15 is 0 Å². The molecule has 1 atom stereocenters. The van der Waals surface area contributed by atoms with E-state index in [9.17, 15) is 4.79 Å². The minimum absolute atomic E-state index is 0.331. The molecule has 0 saturated carbocycles. The van der Waals surface area contributed by atoms with Crippen LogP contribution in [-0.2, 0) is 15.3 Å². The van der Waals surface area contributed by atoms with Crippen molar-refractivity contribution in [1.82, 2.24) is 9.78 Å². The molecule has 0 aliphatic carbocycles. The number of hydrogen-bond acceptors (Lipinski definition) is 5. The van der Waals surface area contributed by atoms with Gasteiger partial charge in [0.2, 0.25) is 0 Å². The van der Waals surface area contributed by atoms with Crippen LogP contribution in [0.3, 0.4) is 0 Å². The number of carbonyl (C=O) groups is 1. The quantitative estimate of drug-likeness (QED) is 0.709. The number of thioether (sulfide) groups is 1. The molecule has 0 spiro atoms. The molecule has 1 heterocycles. The second-order valence-corrected chi connectivity index (χ2v) is 5.66. The summed E-state index contributed by atoms with van der Waals surface area (Å²) in [6.07, 6.45) is 4.19. The average Bonchev–Trinajstić information content (AvgIpc) is 2.89. The topological polar surface area (TPSA) is 70.1 Å². The van der Waals surface area contributed by atoms with E-state index in [4.69, 9.17) is 10.5 Å². The molecule has 1 unspecified atom stereocenters. The van der Waals surface area contributed by atoms with Crippen molar-refractivity contribution in [2.75, 3.05) is 12.4 Å². The summed E-state index contributed by atoms with van der Waals surface area (Å²) in [4.78, 5) is 11.4. The second-order valence-electron chi connectivity index (χ2n) is 4.63. The molecule has 0 radical (unpaired) electrons. The summed E-state index contributed by atoms with van der Waals surface area (Å²) in [5.74, 6) is 0.985. The maximum atomic E-state index is 11.4. The van der Waals surface area contributed by atoms with E-state index in [1.165, 1.54) is 0 Å². The van der Waals surface area contributed by atoms with Crippen LogP contribution in [0.5, 0.6) is 0 Å². The van der Waals surface area contributed by atoms with E-state index in [0.29, 0.717) is 18.4 Å². The highest BCUT2D eigenvalue weighted by atomic mass is 32.2. The number of hydrogen-bond donors (Lipinski definition) is 1. The molecule has 2 N–H and O–H groups in total. The molecule has 20 heavy (non-hydrogen) atoms. The minimum atomic E-state index is -0.555. The van der Waals surface area contributed by atoms with Gasteiger partial charge in [-0.05, 0) is 25.8 Å². The number of nitrogens with two attached hydrogens (primary N) is 1. The van der Waals surface area contributed by atoms with Gasteiger partial charge in [0.05, 0.1) is 18.3 Å². The summed E-state index contributed by atoms with van der Waals surface area (Å²) in [7, 11) is 0. The lowest BCUT2D eigenvalue weighted by molar-refractivity contribution is -0.144. The van der Waals surface area contributed by atoms with E-state index in [1.54, 1.807) is 18.7 Å². The van der Waals surface area contributed by atoms with Gasteiger partial charge in [0.25, 0.3) is 0 Å². The fourth-order valence-electron chi connectivity index (χ4n) is 1.93. The zero-order valence-corrected chi connectivity index (χ0v) is 13.4. The fraction of sp³-hybridized carbons (Fsp3) is 0.714. The Hall–Kier alpha value is -1.01. The van der Waals surface area contributed by atoms with Gasteiger partial charge in [-0.15, -0.1) is 0 Å². The fourth-order valence-corrected chi connectivity index (χ4v) is 2.80. The van der Waals surface area contributed by atoms with Crippen molar-refractivity contribution in [3.05, 3.63) is 18.0 Å². The SMILES string of the molecule is CCOC(=O)C(N)CSCc1ccn(C(CC)CC)n1. The number of carbonyl (C=O) groups excluding carboxylic acids is 1. The molecule has 0 aliphatic heterocycles. The number of ether oxygens (including phenoxy) is 1. The maximum absolute atomic E-state index is 11.4. The smallest absolute Gasteiger partial charge is 0.323 e. The molecule has 1 aromatic heterocycles. The molecule has 114 valence electrons. The summed E-state index contributed by atoms with van der Waals surface area (Å²) in [5.41, 5.74) is 6.77.